The van der Waals surface area contributed by atoms with Gasteiger partial charge >= 0.3 is 11.9 Å². The lowest BCUT2D eigenvalue weighted by Crippen LogP contribution is -2.52. The van der Waals surface area contributed by atoms with Crippen LogP contribution in [0.15, 0.2) is 59.4 Å². The number of halogens is 4. The second kappa shape index (κ2) is 16.3. The highest BCUT2D eigenvalue weighted by atomic mass is 32.1. The van der Waals surface area contributed by atoms with Gasteiger partial charge in [0.25, 0.3) is 5.91 Å². The molecule has 5 aromatic rings. The minimum absolute atomic E-state index is 0.144. The number of aliphatic hydroxyl groups is 1. The number of thiazole rings is 1. The molecule has 61 heavy (non-hydrogen) atoms. The minimum Gasteiger partial charge on any atom is -0.386 e. The number of carbonyl (C=O) groups is 3. The van der Waals surface area contributed by atoms with E-state index in [4.69, 9.17) is 4.98 Å². The van der Waals surface area contributed by atoms with Crippen molar-refractivity contribution in [2.24, 2.45) is 13.0 Å². The summed E-state index contributed by atoms with van der Waals surface area (Å²) in [5, 5.41) is 17.0. The summed E-state index contributed by atoms with van der Waals surface area (Å²) in [6, 6.07) is 12.1. The summed E-state index contributed by atoms with van der Waals surface area (Å²) < 4.78 is 59.9. The van der Waals surface area contributed by atoms with E-state index < -0.39 is 41.4 Å². The van der Waals surface area contributed by atoms with Gasteiger partial charge in [-0.05, 0) is 108 Å². The fourth-order valence-corrected chi connectivity index (χ4v) is 10.6. The standard InChI is InChI=1S/C44H49F4N7O5S/c1-43(2,60)28-20-31-36(21-30(28)49-39(57)26-7-5-8-27(19-26)44(46,47)48)61-41(50-31)25-13-11-24(12-14-25)22-52(3)32-17-18-54(23-29(32)45)33-9-6-10-34-38(33)53(4)42(59)55(34)35-15-16-37(56)51-40(35)58/h5-10,19-21,24-25,29,32,35,60H,11-18,22-23H2,1-4H3,(H,49,57)(H,51,56,58)/t24?,25?,29-,32+,35?/m0/s1. The number of rotatable bonds is 9. The molecule has 0 bridgehead atoms. The van der Waals surface area contributed by atoms with Gasteiger partial charge in [0.15, 0.2) is 0 Å². The Hall–Kier alpha value is -5.13. The first kappa shape index (κ1) is 42.6. The number of hydrogen-bond donors (Lipinski definition) is 3. The molecule has 3 N–H and O–H groups in total. The number of amides is 3. The van der Waals surface area contributed by atoms with Crippen LogP contribution in [0.3, 0.4) is 0 Å². The number of para-hydroxylation sites is 1. The van der Waals surface area contributed by atoms with Gasteiger partial charge in [-0.3, -0.25) is 28.8 Å². The second-order valence-corrected chi connectivity index (χ2v) is 18.4. The van der Waals surface area contributed by atoms with Gasteiger partial charge in [-0.1, -0.05) is 12.1 Å². The summed E-state index contributed by atoms with van der Waals surface area (Å²) in [5.74, 6) is -1.01. The number of nitrogens with zero attached hydrogens (tertiary/aromatic N) is 5. The molecule has 8 rings (SSSR count). The van der Waals surface area contributed by atoms with Crippen LogP contribution in [0, 0.1) is 5.92 Å². The van der Waals surface area contributed by atoms with Crippen molar-refractivity contribution in [1.29, 1.82) is 0 Å². The zero-order valence-corrected chi connectivity index (χ0v) is 35.2. The topological polar surface area (TPSA) is 142 Å². The molecule has 324 valence electrons. The third-order valence-corrected chi connectivity index (χ3v) is 13.8. The second-order valence-electron chi connectivity index (χ2n) is 17.3. The zero-order chi connectivity index (χ0) is 43.5. The van der Waals surface area contributed by atoms with E-state index in [0.29, 0.717) is 46.7 Å². The summed E-state index contributed by atoms with van der Waals surface area (Å²) in [5.41, 5.74) is 0.460. The Morgan fingerprint density at radius 2 is 1.75 bits per heavy atom. The van der Waals surface area contributed by atoms with E-state index >= 15 is 4.39 Å². The molecule has 17 heteroatoms. The number of aryl methyl sites for hydroxylation is 1. The van der Waals surface area contributed by atoms with Crippen LogP contribution < -0.4 is 21.2 Å². The third kappa shape index (κ3) is 8.43. The smallest absolute Gasteiger partial charge is 0.386 e. The molecule has 2 saturated heterocycles. The van der Waals surface area contributed by atoms with Gasteiger partial charge in [-0.2, -0.15) is 13.2 Å². The molecule has 1 aliphatic carbocycles. The largest absolute Gasteiger partial charge is 0.416 e. The van der Waals surface area contributed by atoms with E-state index in [1.807, 2.05) is 24.1 Å². The number of imide groups is 1. The molecule has 1 unspecified atom stereocenters. The lowest BCUT2D eigenvalue weighted by Gasteiger charge is -2.42. The van der Waals surface area contributed by atoms with Crippen molar-refractivity contribution >= 4 is 61.7 Å². The summed E-state index contributed by atoms with van der Waals surface area (Å²) in [7, 11) is 3.64. The summed E-state index contributed by atoms with van der Waals surface area (Å²) >= 11 is 1.51. The lowest BCUT2D eigenvalue weighted by atomic mass is 9.81. The van der Waals surface area contributed by atoms with Gasteiger partial charge in [-0.15, -0.1) is 11.3 Å². The van der Waals surface area contributed by atoms with Gasteiger partial charge in [0.1, 0.15) is 12.2 Å². The van der Waals surface area contributed by atoms with E-state index in [1.165, 1.54) is 32.6 Å². The molecule has 3 amide bonds. The quantitative estimate of drug-likeness (QED) is 0.104. The van der Waals surface area contributed by atoms with Gasteiger partial charge < -0.3 is 20.2 Å². The van der Waals surface area contributed by atoms with Crippen molar-refractivity contribution < 1.29 is 37.1 Å². The van der Waals surface area contributed by atoms with Crippen LogP contribution in [0.2, 0.25) is 0 Å². The molecule has 3 aliphatic rings. The van der Waals surface area contributed by atoms with Crippen LogP contribution in [0.25, 0.3) is 21.3 Å². The van der Waals surface area contributed by atoms with E-state index in [2.05, 4.69) is 15.5 Å². The van der Waals surface area contributed by atoms with Crippen molar-refractivity contribution in [2.75, 3.05) is 36.9 Å². The Kier molecular flexibility index (Phi) is 11.4. The predicted molar refractivity (Wildman–Crippen MR) is 226 cm³/mol. The highest BCUT2D eigenvalue weighted by molar-refractivity contribution is 7.18. The summed E-state index contributed by atoms with van der Waals surface area (Å²) in [6.45, 7) is 4.64. The van der Waals surface area contributed by atoms with Crippen LogP contribution in [-0.2, 0) is 28.4 Å². The molecular weight excluding hydrogens is 815 g/mol. The molecule has 0 spiro atoms. The fraction of sp³-hybridized carbons (Fsp3) is 0.477. The molecule has 12 nitrogen and oxygen atoms in total. The van der Waals surface area contributed by atoms with Crippen LogP contribution in [0.1, 0.15) is 97.2 Å². The SMILES string of the molecule is CN(CC1CCC(c2nc3cc(C(C)(C)O)c(NC(=O)c4cccc(C(F)(F)F)c4)cc3s2)CC1)[C@@H]1CCN(c2cccc3c2n(C)c(=O)n3C2CCC(=O)NC2=O)C[C@@H]1F. The Morgan fingerprint density at radius 3 is 2.44 bits per heavy atom. The normalized spacial score (nSPS) is 22.9. The molecular formula is C44H49F4N7O5S. The van der Waals surface area contributed by atoms with Crippen molar-refractivity contribution in [1.82, 2.24) is 24.3 Å². The number of alkyl halides is 4. The van der Waals surface area contributed by atoms with Gasteiger partial charge in [0.2, 0.25) is 11.8 Å². The van der Waals surface area contributed by atoms with Crippen LogP contribution >= 0.6 is 11.3 Å². The molecule has 0 radical (unpaired) electrons. The van der Waals surface area contributed by atoms with Gasteiger partial charge in [-0.25, -0.2) is 14.2 Å². The number of benzene rings is 3. The highest BCUT2D eigenvalue weighted by Gasteiger charge is 2.37. The molecule has 3 aromatic carbocycles. The molecule has 2 aliphatic heterocycles. The number of piperidine rings is 2. The maximum Gasteiger partial charge on any atom is 0.416 e. The first-order valence-corrected chi connectivity index (χ1v) is 21.5. The van der Waals surface area contributed by atoms with Crippen LogP contribution in [0.5, 0.6) is 0 Å². The van der Waals surface area contributed by atoms with E-state index in [-0.39, 0.29) is 48.5 Å². The van der Waals surface area contributed by atoms with Crippen LogP contribution in [0.4, 0.5) is 28.9 Å². The zero-order valence-electron chi connectivity index (χ0n) is 34.4. The molecule has 3 fully saturated rings. The fourth-order valence-electron chi connectivity index (χ4n) is 9.45. The average molecular weight is 864 g/mol. The Labute approximate surface area is 353 Å². The van der Waals surface area contributed by atoms with Gasteiger partial charge in [0, 0.05) is 55.3 Å². The Bertz CT molecular complexity index is 2570. The summed E-state index contributed by atoms with van der Waals surface area (Å²) in [4.78, 5) is 60.2. The van der Waals surface area contributed by atoms with Gasteiger partial charge in [0.05, 0.1) is 49.7 Å². The number of carbonyl (C=O) groups excluding carboxylic acids is 3. The summed E-state index contributed by atoms with van der Waals surface area (Å²) in [6.07, 6.45) is -1.11. The van der Waals surface area contributed by atoms with E-state index in [0.717, 1.165) is 59.8 Å². The minimum atomic E-state index is -4.60. The number of nitrogens with one attached hydrogen (secondary N) is 2. The van der Waals surface area contributed by atoms with Crippen molar-refractivity contribution in [3.8, 4) is 0 Å². The van der Waals surface area contributed by atoms with Crippen LogP contribution in [-0.4, -0.2) is 80.7 Å². The number of imidazole rings is 1. The average Bonchev–Trinajstić information content (AvgIpc) is 3.74. The Morgan fingerprint density at radius 1 is 1.02 bits per heavy atom. The molecule has 1 saturated carbocycles. The molecule has 3 atom stereocenters. The predicted octanol–water partition coefficient (Wildman–Crippen LogP) is 7.25. The number of hydrogen-bond acceptors (Lipinski definition) is 9. The monoisotopic (exact) mass is 863 g/mol. The Balaban J connectivity index is 0.900. The first-order chi connectivity index (χ1) is 28.9. The number of aromatic nitrogens is 3. The maximum absolute atomic E-state index is 16.2. The maximum atomic E-state index is 16.2. The van der Waals surface area contributed by atoms with Crippen molar-refractivity contribution in [3.63, 3.8) is 0 Å². The number of anilines is 2. The molecule has 4 heterocycles. The van der Waals surface area contributed by atoms with Crippen molar-refractivity contribution in [3.05, 3.63) is 86.8 Å². The highest BCUT2D eigenvalue weighted by Crippen LogP contribution is 2.42. The number of fused-ring (bicyclic) bond motifs is 2. The molecule has 2 aromatic heterocycles. The van der Waals surface area contributed by atoms with E-state index in [9.17, 15) is 37.5 Å². The first-order valence-electron chi connectivity index (χ1n) is 20.7. The lowest BCUT2D eigenvalue weighted by molar-refractivity contribution is -0.138. The third-order valence-electron chi connectivity index (χ3n) is 12.7. The van der Waals surface area contributed by atoms with E-state index in [1.54, 1.807) is 39.1 Å². The van der Waals surface area contributed by atoms with Crippen molar-refractivity contribution in [2.45, 2.75) is 94.7 Å².